The van der Waals surface area contributed by atoms with Crippen LogP contribution in [0.4, 0.5) is 0 Å². The van der Waals surface area contributed by atoms with Crippen LogP contribution in [0, 0.1) is 6.92 Å². The molecule has 1 N–H and O–H groups in total. The third-order valence-electron chi connectivity index (χ3n) is 4.28. The van der Waals surface area contributed by atoms with E-state index in [4.69, 9.17) is 4.52 Å². The largest absolute Gasteiger partial charge is 0.360 e. The topological polar surface area (TPSA) is 58.4 Å². The Morgan fingerprint density at radius 3 is 2.62 bits per heavy atom. The van der Waals surface area contributed by atoms with Crippen molar-refractivity contribution in [1.82, 2.24) is 15.4 Å². The van der Waals surface area contributed by atoms with Crippen LogP contribution in [-0.4, -0.2) is 35.6 Å². The summed E-state index contributed by atoms with van der Waals surface area (Å²) in [5.74, 6) is 0.673. The van der Waals surface area contributed by atoms with Crippen LogP contribution < -0.4 is 5.32 Å². The third kappa shape index (κ3) is 4.05. The lowest BCUT2D eigenvalue weighted by atomic mass is 10.0. The van der Waals surface area contributed by atoms with Crippen LogP contribution in [0.1, 0.15) is 67.0 Å². The summed E-state index contributed by atoms with van der Waals surface area (Å²) in [6, 6.07) is 2.31. The molecule has 0 saturated carbocycles. The maximum absolute atomic E-state index is 12.7. The molecule has 0 fully saturated rings. The van der Waals surface area contributed by atoms with E-state index >= 15 is 0 Å². The summed E-state index contributed by atoms with van der Waals surface area (Å²) < 4.78 is 5.33. The second-order valence-electron chi connectivity index (χ2n) is 6.17. The van der Waals surface area contributed by atoms with Gasteiger partial charge < -0.3 is 9.84 Å². The molecule has 2 aromatic rings. The molecular weight excluding hydrogens is 322 g/mol. The predicted molar refractivity (Wildman–Crippen MR) is 97.6 cm³/mol. The zero-order chi connectivity index (χ0) is 17.7. The van der Waals surface area contributed by atoms with Crippen LogP contribution >= 0.6 is 11.3 Å². The number of nitrogens with one attached hydrogen (secondary N) is 1. The van der Waals surface area contributed by atoms with Gasteiger partial charge in [0.1, 0.15) is 5.56 Å². The van der Waals surface area contributed by atoms with Gasteiger partial charge in [-0.15, -0.1) is 0 Å². The van der Waals surface area contributed by atoms with Gasteiger partial charge in [-0.3, -0.25) is 9.69 Å². The van der Waals surface area contributed by atoms with Crippen molar-refractivity contribution in [3.8, 4) is 0 Å². The van der Waals surface area contributed by atoms with Crippen molar-refractivity contribution in [1.29, 1.82) is 0 Å². The van der Waals surface area contributed by atoms with Gasteiger partial charge in [0, 0.05) is 12.5 Å². The molecule has 0 radical (unpaired) electrons. The fourth-order valence-electron chi connectivity index (χ4n) is 2.92. The highest BCUT2D eigenvalue weighted by molar-refractivity contribution is 7.07. The number of carbonyl (C=O) groups excluding carboxylic acids is 1. The van der Waals surface area contributed by atoms with Crippen molar-refractivity contribution >= 4 is 17.2 Å². The van der Waals surface area contributed by atoms with Crippen molar-refractivity contribution in [2.45, 2.75) is 46.6 Å². The number of hydrogen-bond acceptors (Lipinski definition) is 5. The molecule has 24 heavy (non-hydrogen) atoms. The van der Waals surface area contributed by atoms with Crippen molar-refractivity contribution in [2.24, 2.45) is 0 Å². The van der Waals surface area contributed by atoms with Crippen molar-refractivity contribution in [2.75, 3.05) is 19.6 Å². The summed E-state index contributed by atoms with van der Waals surface area (Å²) >= 11 is 1.68. The van der Waals surface area contributed by atoms with Crippen LogP contribution in [-0.2, 0) is 0 Å². The number of amides is 1. The van der Waals surface area contributed by atoms with E-state index in [0.717, 1.165) is 13.1 Å². The van der Waals surface area contributed by atoms with Gasteiger partial charge in [0.15, 0.2) is 5.76 Å². The highest BCUT2D eigenvalue weighted by atomic mass is 32.1. The summed E-state index contributed by atoms with van der Waals surface area (Å²) in [7, 11) is 0. The maximum atomic E-state index is 12.7. The van der Waals surface area contributed by atoms with Gasteiger partial charge in [-0.2, -0.15) is 11.3 Å². The zero-order valence-electron chi connectivity index (χ0n) is 15.1. The molecule has 0 aliphatic heterocycles. The Bertz CT molecular complexity index is 645. The number of aryl methyl sites for hydroxylation is 1. The molecule has 6 heteroatoms. The molecule has 0 aliphatic carbocycles. The molecule has 1 atom stereocenters. The lowest BCUT2D eigenvalue weighted by Gasteiger charge is -2.29. The number of aromatic nitrogens is 1. The summed E-state index contributed by atoms with van der Waals surface area (Å²) in [4.78, 5) is 15.1. The van der Waals surface area contributed by atoms with Crippen LogP contribution in [0.25, 0.3) is 0 Å². The highest BCUT2D eigenvalue weighted by Gasteiger charge is 2.24. The second-order valence-corrected chi connectivity index (χ2v) is 6.95. The van der Waals surface area contributed by atoms with Gasteiger partial charge in [0.05, 0.1) is 11.7 Å². The minimum atomic E-state index is -0.107. The van der Waals surface area contributed by atoms with Crippen molar-refractivity contribution in [3.05, 3.63) is 39.4 Å². The minimum Gasteiger partial charge on any atom is -0.360 e. The van der Waals surface area contributed by atoms with Gasteiger partial charge >= 0.3 is 0 Å². The molecule has 0 bridgehead atoms. The van der Waals surface area contributed by atoms with Gasteiger partial charge in [-0.05, 0) is 42.4 Å². The molecule has 0 aliphatic rings. The number of carbonyl (C=O) groups is 1. The van der Waals surface area contributed by atoms with E-state index in [1.807, 2.05) is 20.8 Å². The van der Waals surface area contributed by atoms with Gasteiger partial charge in [-0.1, -0.05) is 32.9 Å². The molecule has 2 heterocycles. The minimum absolute atomic E-state index is 0.107. The molecule has 0 unspecified atom stereocenters. The Balaban J connectivity index is 2.15. The standard InChI is InChI=1S/C18H27N3O2S/c1-6-21(7-2)15(14-8-9-24-11-14)10-19-18(22)16-13(5)20-23-17(16)12(3)4/h8-9,11-12,15H,6-7,10H2,1-5H3,(H,19,22)/t15-/m0/s1. The lowest BCUT2D eigenvalue weighted by Crippen LogP contribution is -2.38. The van der Waals surface area contributed by atoms with Crippen LogP contribution in [0.3, 0.4) is 0 Å². The van der Waals surface area contributed by atoms with Gasteiger partial charge in [0.2, 0.25) is 0 Å². The SMILES string of the molecule is CCN(CC)[C@@H](CNC(=O)c1c(C)noc1C(C)C)c1ccsc1. The van der Waals surface area contributed by atoms with Gasteiger partial charge in [0.25, 0.3) is 5.91 Å². The highest BCUT2D eigenvalue weighted by Crippen LogP contribution is 2.24. The number of likely N-dealkylation sites (N-methyl/N-ethyl adjacent to an activating group) is 1. The fraction of sp³-hybridized carbons (Fsp3) is 0.556. The molecule has 1 amide bonds. The smallest absolute Gasteiger partial charge is 0.256 e. The Morgan fingerprint density at radius 2 is 2.08 bits per heavy atom. The first-order valence-corrected chi connectivity index (χ1v) is 9.44. The van der Waals surface area contributed by atoms with E-state index in [9.17, 15) is 4.79 Å². The average molecular weight is 350 g/mol. The van der Waals surface area contributed by atoms with E-state index in [-0.39, 0.29) is 17.9 Å². The lowest BCUT2D eigenvalue weighted by molar-refractivity contribution is 0.0932. The average Bonchev–Trinajstić information content (AvgIpc) is 3.20. The van der Waals surface area contributed by atoms with Crippen LogP contribution in [0.15, 0.2) is 21.3 Å². The fourth-order valence-corrected chi connectivity index (χ4v) is 3.63. The molecule has 2 rings (SSSR count). The first-order chi connectivity index (χ1) is 11.5. The Hall–Kier alpha value is -1.66. The van der Waals surface area contributed by atoms with Crippen molar-refractivity contribution in [3.63, 3.8) is 0 Å². The molecule has 0 saturated heterocycles. The molecule has 0 aromatic carbocycles. The number of rotatable bonds is 8. The number of nitrogens with zero attached hydrogens (tertiary/aromatic N) is 2. The number of thiophene rings is 1. The number of hydrogen-bond donors (Lipinski definition) is 1. The Morgan fingerprint density at radius 1 is 1.38 bits per heavy atom. The monoisotopic (exact) mass is 349 g/mol. The normalized spacial score (nSPS) is 12.8. The van der Waals surface area contributed by atoms with Gasteiger partial charge in [-0.25, -0.2) is 0 Å². The van der Waals surface area contributed by atoms with E-state index < -0.39 is 0 Å². The first kappa shape index (κ1) is 18.7. The zero-order valence-corrected chi connectivity index (χ0v) is 15.9. The second kappa shape index (κ2) is 8.44. The Labute approximate surface area is 148 Å². The quantitative estimate of drug-likeness (QED) is 0.783. The summed E-state index contributed by atoms with van der Waals surface area (Å²) in [5.41, 5.74) is 2.47. The van der Waals surface area contributed by atoms with Crippen molar-refractivity contribution < 1.29 is 9.32 Å². The van der Waals surface area contributed by atoms with Crippen LogP contribution in [0.5, 0.6) is 0 Å². The maximum Gasteiger partial charge on any atom is 0.256 e. The van der Waals surface area contributed by atoms with Crippen LogP contribution in [0.2, 0.25) is 0 Å². The third-order valence-corrected chi connectivity index (χ3v) is 4.98. The Kier molecular flexibility index (Phi) is 6.57. The first-order valence-electron chi connectivity index (χ1n) is 8.50. The molecule has 0 spiro atoms. The van der Waals surface area contributed by atoms with E-state index in [1.54, 1.807) is 11.3 Å². The molecule has 5 nitrogen and oxygen atoms in total. The molecular formula is C18H27N3O2S. The van der Waals surface area contributed by atoms with E-state index in [0.29, 0.717) is 23.6 Å². The summed E-state index contributed by atoms with van der Waals surface area (Å²) in [6.45, 7) is 12.6. The predicted octanol–water partition coefficient (Wildman–Crippen LogP) is 3.98. The van der Waals surface area contributed by atoms with E-state index in [2.05, 4.69) is 46.0 Å². The van der Waals surface area contributed by atoms with E-state index in [1.165, 1.54) is 5.56 Å². The molecule has 132 valence electrons. The summed E-state index contributed by atoms with van der Waals surface area (Å²) in [6.07, 6.45) is 0. The molecule has 2 aromatic heterocycles. The summed E-state index contributed by atoms with van der Waals surface area (Å²) in [5, 5.41) is 11.3.